The molecule has 2 fully saturated rings. The van der Waals surface area contributed by atoms with Crippen LogP contribution in [0.3, 0.4) is 0 Å². The third-order valence-electron chi connectivity index (χ3n) is 6.51. The molecule has 4 aromatic rings. The van der Waals surface area contributed by atoms with E-state index in [1.807, 2.05) is 18.7 Å². The molecule has 0 spiro atoms. The number of fused-ring (bicyclic) bond motifs is 3. The second-order valence-corrected chi connectivity index (χ2v) is 9.75. The predicted octanol–water partition coefficient (Wildman–Crippen LogP) is 3.03. The quantitative estimate of drug-likeness (QED) is 0.398. The molecule has 0 amide bonds. The molecule has 0 unspecified atom stereocenters. The smallest absolute Gasteiger partial charge is 0.356 e. The second-order valence-electron chi connectivity index (χ2n) is 8.85. The molecule has 0 bridgehead atoms. The number of para-hydroxylation sites is 1. The molecule has 2 saturated heterocycles. The molecule has 2 aliphatic heterocycles. The monoisotopic (exact) mass is 499 g/mol. The van der Waals surface area contributed by atoms with Crippen LogP contribution in [0, 0.1) is 0 Å². The van der Waals surface area contributed by atoms with Crippen molar-refractivity contribution < 1.29 is 17.5 Å². The third kappa shape index (κ3) is 5.24. The van der Waals surface area contributed by atoms with Crippen LogP contribution in [-0.2, 0) is 23.5 Å². The molecule has 1 aromatic carbocycles. The van der Waals surface area contributed by atoms with Crippen LogP contribution in [0.25, 0.3) is 21.9 Å². The van der Waals surface area contributed by atoms with Gasteiger partial charge in [-0.2, -0.15) is 18.4 Å². The van der Waals surface area contributed by atoms with E-state index in [4.69, 9.17) is 27.5 Å². The number of imidazole rings is 1. The van der Waals surface area contributed by atoms with Crippen LogP contribution in [0.4, 0.5) is 11.8 Å². The molecule has 5 heterocycles. The van der Waals surface area contributed by atoms with E-state index < -0.39 is 10.4 Å². The van der Waals surface area contributed by atoms with Gasteiger partial charge >= 0.3 is 10.4 Å². The molecule has 2 aliphatic rings. The normalized spacial score (nSPS) is 16.3. The van der Waals surface area contributed by atoms with Gasteiger partial charge in [0.2, 0.25) is 5.95 Å². The van der Waals surface area contributed by atoms with Gasteiger partial charge in [0, 0.05) is 57.0 Å². The van der Waals surface area contributed by atoms with Crippen molar-refractivity contribution in [2.24, 2.45) is 0 Å². The minimum atomic E-state index is -4.67. The van der Waals surface area contributed by atoms with Crippen molar-refractivity contribution in [3.8, 4) is 0 Å². The first kappa shape index (κ1) is 23.5. The Kier molecular flexibility index (Phi) is 6.58. The van der Waals surface area contributed by atoms with Crippen LogP contribution in [-0.4, -0.2) is 67.8 Å². The average molecular weight is 500 g/mol. The van der Waals surface area contributed by atoms with Crippen LogP contribution in [0.1, 0.15) is 25.7 Å². The number of hydrogen-bond donors (Lipinski definition) is 2. The van der Waals surface area contributed by atoms with Gasteiger partial charge in [0.05, 0.1) is 17.2 Å². The van der Waals surface area contributed by atoms with Crippen LogP contribution < -0.4 is 9.80 Å². The topological polar surface area (TPSA) is 130 Å². The first-order valence-corrected chi connectivity index (χ1v) is 13.2. The van der Waals surface area contributed by atoms with Gasteiger partial charge < -0.3 is 18.9 Å². The standard InChI is InChI=1S/C23H27N7.H2O4S/c1-2-8-19-18(7-1)20-21(28-10-3-4-11-28)25-23(29-12-5-6-13-29)26-22(20)30(19)16-15-27-14-9-24-17-27;1-5(2,3)4/h1-2,7-9,14,17H,3-6,10-13,15-16H2;(H2,1,2,3,4). The lowest BCUT2D eigenvalue weighted by atomic mass is 10.2. The molecule has 0 atom stereocenters. The maximum Gasteiger partial charge on any atom is 0.394 e. The van der Waals surface area contributed by atoms with Crippen LogP contribution in [0.15, 0.2) is 43.0 Å². The Morgan fingerprint density at radius 3 is 2.20 bits per heavy atom. The van der Waals surface area contributed by atoms with Gasteiger partial charge in [-0.25, -0.2) is 4.98 Å². The zero-order chi connectivity index (χ0) is 24.4. The van der Waals surface area contributed by atoms with Gasteiger partial charge in [0.1, 0.15) is 11.5 Å². The minimum Gasteiger partial charge on any atom is -0.356 e. The fourth-order valence-electron chi connectivity index (χ4n) is 4.97. The van der Waals surface area contributed by atoms with Crippen molar-refractivity contribution in [2.75, 3.05) is 36.0 Å². The Labute approximate surface area is 203 Å². The number of hydrogen-bond acceptors (Lipinski definition) is 7. The molecular weight excluding hydrogens is 470 g/mol. The fourth-order valence-corrected chi connectivity index (χ4v) is 4.97. The number of aromatic nitrogens is 5. The molecule has 186 valence electrons. The van der Waals surface area contributed by atoms with Crippen molar-refractivity contribution in [2.45, 2.75) is 38.8 Å². The Morgan fingerprint density at radius 1 is 0.886 bits per heavy atom. The van der Waals surface area contributed by atoms with Gasteiger partial charge in [0.25, 0.3) is 0 Å². The van der Waals surface area contributed by atoms with E-state index in [-0.39, 0.29) is 0 Å². The molecule has 0 saturated carbocycles. The van der Waals surface area contributed by atoms with Crippen LogP contribution >= 0.6 is 0 Å². The summed E-state index contributed by atoms with van der Waals surface area (Å²) in [5.41, 5.74) is 2.30. The molecule has 2 N–H and O–H groups in total. The zero-order valence-corrected chi connectivity index (χ0v) is 20.2. The molecular formula is C23H29N7O4S. The maximum absolute atomic E-state index is 8.74. The van der Waals surface area contributed by atoms with Crippen LogP contribution in [0.2, 0.25) is 0 Å². The van der Waals surface area contributed by atoms with E-state index in [0.29, 0.717) is 0 Å². The van der Waals surface area contributed by atoms with E-state index in [2.05, 4.69) is 48.2 Å². The molecule has 35 heavy (non-hydrogen) atoms. The summed E-state index contributed by atoms with van der Waals surface area (Å²) in [5.74, 6) is 2.02. The summed E-state index contributed by atoms with van der Waals surface area (Å²) in [5, 5.41) is 2.47. The van der Waals surface area contributed by atoms with Crippen molar-refractivity contribution in [1.29, 1.82) is 0 Å². The highest BCUT2D eigenvalue weighted by Crippen LogP contribution is 2.37. The van der Waals surface area contributed by atoms with Crippen molar-refractivity contribution in [3.05, 3.63) is 43.0 Å². The highest BCUT2D eigenvalue weighted by atomic mass is 32.3. The summed E-state index contributed by atoms with van der Waals surface area (Å²) in [6, 6.07) is 8.70. The van der Waals surface area contributed by atoms with E-state index in [0.717, 1.165) is 56.7 Å². The summed E-state index contributed by atoms with van der Waals surface area (Å²) in [7, 11) is -4.67. The van der Waals surface area contributed by atoms with Gasteiger partial charge in [-0.1, -0.05) is 18.2 Å². The Balaban J connectivity index is 0.000000464. The number of anilines is 2. The van der Waals surface area contributed by atoms with E-state index in [1.54, 1.807) is 0 Å². The Bertz CT molecular complexity index is 1400. The fraction of sp³-hybridized carbons (Fsp3) is 0.435. The number of benzene rings is 1. The van der Waals surface area contributed by atoms with Gasteiger partial charge in [-0.15, -0.1) is 0 Å². The molecule has 11 nitrogen and oxygen atoms in total. The lowest BCUT2D eigenvalue weighted by Gasteiger charge is -2.22. The molecule has 0 radical (unpaired) electrons. The lowest BCUT2D eigenvalue weighted by molar-refractivity contribution is 0.381. The number of aryl methyl sites for hydroxylation is 2. The summed E-state index contributed by atoms with van der Waals surface area (Å²) < 4.78 is 36.1. The molecule has 6 rings (SSSR count). The molecule has 0 aliphatic carbocycles. The lowest BCUT2D eigenvalue weighted by Crippen LogP contribution is -2.24. The third-order valence-corrected chi connectivity index (χ3v) is 6.51. The van der Waals surface area contributed by atoms with E-state index >= 15 is 0 Å². The van der Waals surface area contributed by atoms with Crippen molar-refractivity contribution in [1.82, 2.24) is 24.1 Å². The van der Waals surface area contributed by atoms with E-state index in [1.165, 1.54) is 42.0 Å². The Morgan fingerprint density at radius 2 is 1.54 bits per heavy atom. The van der Waals surface area contributed by atoms with Gasteiger partial charge in [-0.05, 0) is 31.7 Å². The van der Waals surface area contributed by atoms with Crippen molar-refractivity contribution in [3.63, 3.8) is 0 Å². The number of rotatable bonds is 5. The molecule has 3 aromatic heterocycles. The second kappa shape index (κ2) is 9.80. The first-order chi connectivity index (χ1) is 16.9. The van der Waals surface area contributed by atoms with Crippen molar-refractivity contribution >= 4 is 44.1 Å². The SMILES string of the molecule is O=S(=O)(O)O.c1ccc2c(c1)c1c(N3CCCC3)nc(N3CCCC3)nc1n2CCn1ccnc1. The Hall–Kier alpha value is -3.22. The average Bonchev–Trinajstić information content (AvgIpc) is 3.63. The number of nitrogens with zero attached hydrogens (tertiary/aromatic N) is 7. The summed E-state index contributed by atoms with van der Waals surface area (Å²) >= 11 is 0. The largest absolute Gasteiger partial charge is 0.394 e. The van der Waals surface area contributed by atoms with Gasteiger partial charge in [0.15, 0.2) is 0 Å². The minimum absolute atomic E-state index is 0.857. The highest BCUT2D eigenvalue weighted by Gasteiger charge is 2.25. The highest BCUT2D eigenvalue weighted by molar-refractivity contribution is 7.79. The summed E-state index contributed by atoms with van der Waals surface area (Å²) in [4.78, 5) is 19.3. The molecule has 12 heteroatoms. The zero-order valence-electron chi connectivity index (χ0n) is 19.4. The van der Waals surface area contributed by atoms with E-state index in [9.17, 15) is 0 Å². The summed E-state index contributed by atoms with van der Waals surface area (Å²) in [6.45, 7) is 6.01. The van der Waals surface area contributed by atoms with Crippen LogP contribution in [0.5, 0.6) is 0 Å². The predicted molar refractivity (Wildman–Crippen MR) is 134 cm³/mol. The summed E-state index contributed by atoms with van der Waals surface area (Å²) in [6.07, 6.45) is 10.7. The maximum atomic E-state index is 8.74. The van der Waals surface area contributed by atoms with Gasteiger partial charge in [-0.3, -0.25) is 9.11 Å². The first-order valence-electron chi connectivity index (χ1n) is 11.8.